The largest absolute Gasteiger partial charge is 0.573 e. The predicted octanol–water partition coefficient (Wildman–Crippen LogP) is 3.16. The number of hydrogen-bond acceptors (Lipinski definition) is 4. The summed E-state index contributed by atoms with van der Waals surface area (Å²) in [6.07, 6.45) is -4.82. The number of amides is 2. The number of alkyl halides is 3. The molecule has 0 spiro atoms. The first-order valence-corrected chi connectivity index (χ1v) is 6.64. The van der Waals surface area contributed by atoms with E-state index in [1.807, 2.05) is 0 Å². The number of para-hydroxylation sites is 1. The summed E-state index contributed by atoms with van der Waals surface area (Å²) in [6, 6.07) is 10.5. The molecule has 0 saturated heterocycles. The lowest BCUT2D eigenvalue weighted by atomic mass is 10.1. The van der Waals surface area contributed by atoms with Gasteiger partial charge in [0.2, 0.25) is 0 Å². The molecule has 1 N–H and O–H groups in total. The molecule has 0 fully saturated rings. The topological polar surface area (TPSA) is 64.6 Å². The van der Waals surface area contributed by atoms with E-state index in [0.717, 1.165) is 24.3 Å². The Morgan fingerprint density at radius 1 is 0.958 bits per heavy atom. The number of carbonyl (C=O) groups excluding carboxylic acids is 2. The Balaban J connectivity index is 2.08. The molecule has 0 aromatic heterocycles. The molecule has 126 valence electrons. The van der Waals surface area contributed by atoms with Crippen LogP contribution in [0.3, 0.4) is 0 Å². The van der Waals surface area contributed by atoms with Gasteiger partial charge in [0.1, 0.15) is 11.5 Å². The Morgan fingerprint density at radius 2 is 1.58 bits per heavy atom. The molecular weight excluding hydrogens is 327 g/mol. The molecule has 0 bridgehead atoms. The molecule has 0 atom stereocenters. The zero-order valence-electron chi connectivity index (χ0n) is 12.4. The second-order valence-corrected chi connectivity index (χ2v) is 4.56. The summed E-state index contributed by atoms with van der Waals surface area (Å²) in [5.41, 5.74) is 0.165. The van der Waals surface area contributed by atoms with E-state index in [4.69, 9.17) is 4.74 Å². The van der Waals surface area contributed by atoms with E-state index in [9.17, 15) is 22.8 Å². The Morgan fingerprint density at radius 3 is 2.17 bits per heavy atom. The van der Waals surface area contributed by atoms with Crippen molar-refractivity contribution in [3.05, 3.63) is 59.7 Å². The van der Waals surface area contributed by atoms with Crippen molar-refractivity contribution in [2.75, 3.05) is 7.11 Å². The average molecular weight is 339 g/mol. The van der Waals surface area contributed by atoms with Crippen molar-refractivity contribution in [3.63, 3.8) is 0 Å². The van der Waals surface area contributed by atoms with Crippen molar-refractivity contribution in [3.8, 4) is 11.5 Å². The van der Waals surface area contributed by atoms with Crippen molar-refractivity contribution in [1.82, 2.24) is 5.32 Å². The lowest BCUT2D eigenvalue weighted by molar-refractivity contribution is -0.274. The molecule has 0 saturated carbocycles. The van der Waals surface area contributed by atoms with E-state index in [0.29, 0.717) is 0 Å². The third-order valence-electron chi connectivity index (χ3n) is 2.93. The maximum atomic E-state index is 12.1. The van der Waals surface area contributed by atoms with Crippen LogP contribution in [0.1, 0.15) is 20.7 Å². The Bertz CT molecular complexity index is 742. The summed E-state index contributed by atoms with van der Waals surface area (Å²) >= 11 is 0. The number of hydrogen-bond donors (Lipinski definition) is 1. The van der Waals surface area contributed by atoms with Crippen LogP contribution in [0.5, 0.6) is 11.5 Å². The second-order valence-electron chi connectivity index (χ2n) is 4.56. The van der Waals surface area contributed by atoms with Gasteiger partial charge in [-0.25, -0.2) is 0 Å². The van der Waals surface area contributed by atoms with Gasteiger partial charge in [-0.05, 0) is 36.4 Å². The number of benzene rings is 2. The summed E-state index contributed by atoms with van der Waals surface area (Å²) in [6.45, 7) is 0. The summed E-state index contributed by atoms with van der Waals surface area (Å²) < 4.78 is 44.9. The number of methoxy groups -OCH3 is 1. The van der Waals surface area contributed by atoms with Gasteiger partial charge in [0.05, 0.1) is 12.7 Å². The van der Waals surface area contributed by atoms with E-state index in [1.165, 1.54) is 13.2 Å². The van der Waals surface area contributed by atoms with Crippen molar-refractivity contribution < 1.29 is 32.2 Å². The van der Waals surface area contributed by atoms with Crippen LogP contribution >= 0.6 is 0 Å². The number of nitrogens with one attached hydrogen (secondary N) is 1. The van der Waals surface area contributed by atoms with Crippen molar-refractivity contribution >= 4 is 11.8 Å². The van der Waals surface area contributed by atoms with Gasteiger partial charge in [-0.2, -0.15) is 0 Å². The highest BCUT2D eigenvalue weighted by atomic mass is 19.4. The van der Waals surface area contributed by atoms with Crippen LogP contribution in [-0.2, 0) is 0 Å². The number of halogens is 3. The zero-order chi connectivity index (χ0) is 17.7. The molecule has 0 aliphatic rings. The Hall–Kier alpha value is -3.03. The fourth-order valence-electron chi connectivity index (χ4n) is 1.88. The van der Waals surface area contributed by atoms with Gasteiger partial charge in [0.15, 0.2) is 0 Å². The van der Waals surface area contributed by atoms with Crippen LogP contribution in [0.15, 0.2) is 48.5 Å². The van der Waals surface area contributed by atoms with Crippen LogP contribution in [-0.4, -0.2) is 25.3 Å². The second kappa shape index (κ2) is 7.03. The van der Waals surface area contributed by atoms with E-state index >= 15 is 0 Å². The fourth-order valence-corrected chi connectivity index (χ4v) is 1.88. The summed E-state index contributed by atoms with van der Waals surface area (Å²) in [5, 5.41) is 2.13. The summed E-state index contributed by atoms with van der Waals surface area (Å²) in [4.78, 5) is 24.1. The SMILES string of the molecule is COc1ccccc1C(=O)NC(=O)c1ccc(OC(F)(F)F)cc1. The van der Waals surface area contributed by atoms with Gasteiger partial charge in [-0.3, -0.25) is 14.9 Å². The molecule has 0 unspecified atom stereocenters. The zero-order valence-corrected chi connectivity index (χ0v) is 12.4. The smallest absolute Gasteiger partial charge is 0.496 e. The Labute approximate surface area is 135 Å². The molecule has 0 heterocycles. The summed E-state index contributed by atoms with van der Waals surface area (Å²) in [5.74, 6) is -1.62. The van der Waals surface area contributed by atoms with Crippen LogP contribution in [0, 0.1) is 0 Å². The highest BCUT2D eigenvalue weighted by molar-refractivity contribution is 6.11. The van der Waals surface area contributed by atoms with Crippen LogP contribution in [0.2, 0.25) is 0 Å². The quantitative estimate of drug-likeness (QED) is 0.869. The minimum Gasteiger partial charge on any atom is -0.496 e. The molecule has 2 aromatic rings. The highest BCUT2D eigenvalue weighted by Gasteiger charge is 2.31. The first-order chi connectivity index (χ1) is 11.3. The van der Waals surface area contributed by atoms with E-state index in [-0.39, 0.29) is 16.9 Å². The van der Waals surface area contributed by atoms with Gasteiger partial charge in [-0.1, -0.05) is 12.1 Å². The molecular formula is C16H12F3NO4. The van der Waals surface area contributed by atoms with E-state index in [1.54, 1.807) is 18.2 Å². The van der Waals surface area contributed by atoms with Gasteiger partial charge < -0.3 is 9.47 Å². The molecule has 24 heavy (non-hydrogen) atoms. The molecule has 2 rings (SSSR count). The lowest BCUT2D eigenvalue weighted by Crippen LogP contribution is -2.30. The molecule has 8 heteroatoms. The number of carbonyl (C=O) groups is 2. The predicted molar refractivity (Wildman–Crippen MR) is 77.9 cm³/mol. The molecule has 2 amide bonds. The minimum atomic E-state index is -4.82. The van der Waals surface area contributed by atoms with Crippen LogP contribution in [0.4, 0.5) is 13.2 Å². The third-order valence-corrected chi connectivity index (χ3v) is 2.93. The fraction of sp³-hybridized carbons (Fsp3) is 0.125. The van der Waals surface area contributed by atoms with Crippen LogP contribution < -0.4 is 14.8 Å². The maximum Gasteiger partial charge on any atom is 0.573 e. The normalized spacial score (nSPS) is 10.8. The minimum absolute atomic E-state index is 0.00720. The van der Waals surface area contributed by atoms with Gasteiger partial charge in [-0.15, -0.1) is 13.2 Å². The van der Waals surface area contributed by atoms with Crippen molar-refractivity contribution in [2.24, 2.45) is 0 Å². The first kappa shape index (κ1) is 17.3. The third kappa shape index (κ3) is 4.48. The molecule has 0 radical (unpaired) electrons. The number of ether oxygens (including phenoxy) is 2. The monoisotopic (exact) mass is 339 g/mol. The summed E-state index contributed by atoms with van der Waals surface area (Å²) in [7, 11) is 1.38. The molecule has 2 aromatic carbocycles. The molecule has 5 nitrogen and oxygen atoms in total. The van der Waals surface area contributed by atoms with Gasteiger partial charge >= 0.3 is 6.36 Å². The van der Waals surface area contributed by atoms with Crippen molar-refractivity contribution in [2.45, 2.75) is 6.36 Å². The lowest BCUT2D eigenvalue weighted by Gasteiger charge is -2.10. The molecule has 0 aliphatic heterocycles. The van der Waals surface area contributed by atoms with E-state index in [2.05, 4.69) is 10.1 Å². The Kier molecular flexibility index (Phi) is 5.08. The van der Waals surface area contributed by atoms with Crippen molar-refractivity contribution in [1.29, 1.82) is 0 Å². The highest BCUT2D eigenvalue weighted by Crippen LogP contribution is 2.23. The maximum absolute atomic E-state index is 12.1. The first-order valence-electron chi connectivity index (χ1n) is 6.64. The number of rotatable bonds is 4. The average Bonchev–Trinajstić information content (AvgIpc) is 2.53. The van der Waals surface area contributed by atoms with Gasteiger partial charge in [0.25, 0.3) is 11.8 Å². The van der Waals surface area contributed by atoms with Crippen LogP contribution in [0.25, 0.3) is 0 Å². The van der Waals surface area contributed by atoms with Gasteiger partial charge in [0, 0.05) is 5.56 Å². The standard InChI is InChI=1S/C16H12F3NO4/c1-23-13-5-3-2-4-12(13)15(22)20-14(21)10-6-8-11(9-7-10)24-16(17,18)19/h2-9H,1H3,(H,20,21,22). The molecule has 0 aliphatic carbocycles. The van der Waals surface area contributed by atoms with E-state index < -0.39 is 23.9 Å². The number of imide groups is 1.